The van der Waals surface area contributed by atoms with Crippen molar-refractivity contribution in [2.45, 2.75) is 96.5 Å². The molecule has 248 valence electrons. The van der Waals surface area contributed by atoms with Crippen LogP contribution in [-0.2, 0) is 48.2 Å². The van der Waals surface area contributed by atoms with E-state index in [2.05, 4.69) is 89.8 Å². The molecule has 3 saturated heterocycles. The summed E-state index contributed by atoms with van der Waals surface area (Å²) in [5.74, 6) is 0. The van der Waals surface area contributed by atoms with Crippen LogP contribution in [0.2, 0.25) is 0 Å². The first-order valence-electron chi connectivity index (χ1n) is 17.5. The third-order valence-corrected chi connectivity index (χ3v) is 9.33. The van der Waals surface area contributed by atoms with Gasteiger partial charge in [0, 0.05) is 36.6 Å². The smallest absolute Gasteiger partial charge is 0.158 e. The molecule has 0 aliphatic carbocycles. The number of hydrogen-bond acceptors (Lipinski definition) is 7. The maximum Gasteiger partial charge on any atom is 0.158 e. The van der Waals surface area contributed by atoms with E-state index in [1.165, 1.54) is 10.8 Å². The van der Waals surface area contributed by atoms with Crippen LogP contribution in [0.5, 0.6) is 0 Å². The van der Waals surface area contributed by atoms with Gasteiger partial charge in [0.05, 0.1) is 25.5 Å². The van der Waals surface area contributed by atoms with E-state index in [9.17, 15) is 0 Å². The minimum Gasteiger partial charge on any atom is -0.353 e. The Morgan fingerprint density at radius 2 is 0.957 bits per heavy atom. The van der Waals surface area contributed by atoms with Crippen LogP contribution in [0, 0.1) is 0 Å². The lowest BCUT2D eigenvalue weighted by atomic mass is 10.0. The molecule has 4 aromatic rings. The highest BCUT2D eigenvalue weighted by molar-refractivity contribution is 6.00. The number of rotatable bonds is 12. The van der Waals surface area contributed by atoms with Crippen LogP contribution in [0.1, 0.15) is 74.5 Å². The van der Waals surface area contributed by atoms with Crippen molar-refractivity contribution in [3.63, 3.8) is 0 Å². The predicted molar refractivity (Wildman–Crippen MR) is 184 cm³/mol. The first-order chi connectivity index (χ1) is 23.3. The Morgan fingerprint density at radius 1 is 0.489 bits per heavy atom. The predicted octanol–water partition coefficient (Wildman–Crippen LogP) is 9.44. The molecule has 3 unspecified atom stereocenters. The molecule has 7 heteroatoms. The third kappa shape index (κ3) is 8.41. The molecule has 0 aromatic heterocycles. The van der Waals surface area contributed by atoms with Gasteiger partial charge in [-0.3, -0.25) is 0 Å². The van der Waals surface area contributed by atoms with Crippen LogP contribution in [0.25, 0.3) is 10.8 Å². The quantitative estimate of drug-likeness (QED) is 0.153. The van der Waals surface area contributed by atoms with Crippen molar-refractivity contribution in [1.82, 2.24) is 0 Å². The van der Waals surface area contributed by atoms with Crippen LogP contribution in [0.15, 0.2) is 84.9 Å². The average Bonchev–Trinajstić information content (AvgIpc) is 3.15. The number of ether oxygens (including phenoxy) is 6. The van der Waals surface area contributed by atoms with Crippen molar-refractivity contribution in [1.29, 1.82) is 0 Å². The summed E-state index contributed by atoms with van der Waals surface area (Å²) in [5, 5.41) is 2.35. The molecule has 7 nitrogen and oxygen atoms in total. The summed E-state index contributed by atoms with van der Waals surface area (Å²) in [4.78, 5) is 2.33. The molecule has 4 aromatic carbocycles. The number of fused-ring (bicyclic) bond motifs is 1. The Labute approximate surface area is 278 Å². The number of nitrogens with zero attached hydrogens (tertiary/aromatic N) is 1. The minimum atomic E-state index is -0.127. The fourth-order valence-electron chi connectivity index (χ4n) is 6.67. The lowest BCUT2D eigenvalue weighted by Gasteiger charge is -2.28. The molecule has 3 atom stereocenters. The zero-order valence-corrected chi connectivity index (χ0v) is 27.3. The van der Waals surface area contributed by atoms with Crippen LogP contribution in [-0.4, -0.2) is 38.7 Å². The Bertz CT molecular complexity index is 1470. The van der Waals surface area contributed by atoms with Crippen molar-refractivity contribution < 1.29 is 28.4 Å². The topological polar surface area (TPSA) is 58.6 Å². The fraction of sp³-hybridized carbons (Fsp3) is 0.450. The lowest BCUT2D eigenvalue weighted by molar-refractivity contribution is -0.169. The van der Waals surface area contributed by atoms with Gasteiger partial charge in [-0.15, -0.1) is 0 Å². The summed E-state index contributed by atoms with van der Waals surface area (Å²) >= 11 is 0. The van der Waals surface area contributed by atoms with E-state index in [0.29, 0.717) is 19.8 Å². The van der Waals surface area contributed by atoms with E-state index < -0.39 is 0 Å². The second-order valence-electron chi connectivity index (χ2n) is 12.8. The van der Waals surface area contributed by atoms with Crippen LogP contribution in [0.4, 0.5) is 17.1 Å². The standard InChI is InChI=1S/C40H47NO6/c1-2-10-36-35(9-1)32(29-47-40-13-5-8-26-44-40)18-23-37(36)41(33-19-14-30(15-20-33)27-45-38-11-3-6-24-42-38)34-21-16-31(17-22-34)28-46-39-12-4-7-25-43-39/h1-2,9-10,14-23,38-40H,3-8,11-13,24-29H2. The van der Waals surface area contributed by atoms with E-state index >= 15 is 0 Å². The van der Waals surface area contributed by atoms with Crippen molar-refractivity contribution >= 4 is 27.8 Å². The summed E-state index contributed by atoms with van der Waals surface area (Å²) in [6, 6.07) is 30.4. The number of hydrogen-bond donors (Lipinski definition) is 0. The van der Waals surface area contributed by atoms with Gasteiger partial charge in [0.1, 0.15) is 0 Å². The molecular formula is C40H47NO6. The molecule has 3 heterocycles. The van der Waals surface area contributed by atoms with E-state index in [1.54, 1.807) is 0 Å². The molecule has 7 rings (SSSR count). The molecule has 0 N–H and O–H groups in total. The van der Waals surface area contributed by atoms with Crippen LogP contribution in [0.3, 0.4) is 0 Å². The number of anilines is 3. The fourth-order valence-corrected chi connectivity index (χ4v) is 6.67. The summed E-state index contributed by atoms with van der Waals surface area (Å²) in [5.41, 5.74) is 6.68. The van der Waals surface area contributed by atoms with Gasteiger partial charge in [0.15, 0.2) is 18.9 Å². The summed E-state index contributed by atoms with van der Waals surface area (Å²) < 4.78 is 35.8. The highest BCUT2D eigenvalue weighted by atomic mass is 16.7. The van der Waals surface area contributed by atoms with Crippen molar-refractivity contribution in [3.05, 3.63) is 102 Å². The lowest BCUT2D eigenvalue weighted by Crippen LogP contribution is -2.22. The van der Waals surface area contributed by atoms with Gasteiger partial charge in [0.2, 0.25) is 0 Å². The molecule has 0 saturated carbocycles. The highest BCUT2D eigenvalue weighted by Gasteiger charge is 2.20. The summed E-state index contributed by atoms with van der Waals surface area (Å²) in [7, 11) is 0. The van der Waals surface area contributed by atoms with Crippen molar-refractivity contribution in [2.75, 3.05) is 24.7 Å². The first-order valence-corrected chi connectivity index (χ1v) is 17.5. The van der Waals surface area contributed by atoms with Gasteiger partial charge < -0.3 is 33.3 Å². The number of benzene rings is 4. The van der Waals surface area contributed by atoms with Gasteiger partial charge in [-0.2, -0.15) is 0 Å². The van der Waals surface area contributed by atoms with E-state index in [4.69, 9.17) is 28.4 Å². The Morgan fingerprint density at radius 3 is 1.43 bits per heavy atom. The van der Waals surface area contributed by atoms with Gasteiger partial charge in [-0.05, 0) is 110 Å². The van der Waals surface area contributed by atoms with Gasteiger partial charge in [-0.25, -0.2) is 0 Å². The van der Waals surface area contributed by atoms with Crippen molar-refractivity contribution in [2.24, 2.45) is 0 Å². The zero-order chi connectivity index (χ0) is 31.7. The largest absolute Gasteiger partial charge is 0.353 e. The Kier molecular flexibility index (Phi) is 11.1. The second kappa shape index (κ2) is 16.2. The van der Waals surface area contributed by atoms with E-state index in [1.807, 2.05) is 0 Å². The van der Waals surface area contributed by atoms with E-state index in [0.717, 1.165) is 111 Å². The maximum absolute atomic E-state index is 6.23. The maximum atomic E-state index is 6.23. The normalized spacial score (nSPS) is 21.9. The van der Waals surface area contributed by atoms with Crippen LogP contribution >= 0.6 is 0 Å². The second-order valence-corrected chi connectivity index (χ2v) is 12.8. The molecule has 0 spiro atoms. The molecule has 3 fully saturated rings. The van der Waals surface area contributed by atoms with E-state index in [-0.39, 0.29) is 18.9 Å². The molecular weight excluding hydrogens is 590 g/mol. The van der Waals surface area contributed by atoms with Gasteiger partial charge >= 0.3 is 0 Å². The monoisotopic (exact) mass is 637 g/mol. The SMILES string of the molecule is c1ccc2c(N(c3ccc(COC4CCCCO4)cc3)c3ccc(COC4CCCCO4)cc3)ccc(COC3CCCCO3)c2c1. The molecule has 0 radical (unpaired) electrons. The van der Waals surface area contributed by atoms with Crippen LogP contribution < -0.4 is 4.90 Å². The average molecular weight is 638 g/mol. The summed E-state index contributed by atoms with van der Waals surface area (Å²) in [6.45, 7) is 3.93. The molecule has 0 amide bonds. The highest BCUT2D eigenvalue weighted by Crippen LogP contribution is 2.40. The van der Waals surface area contributed by atoms with Crippen molar-refractivity contribution in [3.8, 4) is 0 Å². The molecule has 47 heavy (non-hydrogen) atoms. The van der Waals surface area contributed by atoms with Gasteiger partial charge in [0.25, 0.3) is 0 Å². The van der Waals surface area contributed by atoms with Gasteiger partial charge in [-0.1, -0.05) is 54.6 Å². The Balaban J connectivity index is 1.16. The minimum absolute atomic E-state index is 0.106. The molecule has 3 aliphatic rings. The third-order valence-electron chi connectivity index (χ3n) is 9.33. The summed E-state index contributed by atoms with van der Waals surface area (Å²) in [6.07, 6.45) is 9.34. The first kappa shape index (κ1) is 32.3. The zero-order valence-electron chi connectivity index (χ0n) is 27.3. The Hall–Kier alpha value is -3.30. The molecule has 0 bridgehead atoms. The molecule has 3 aliphatic heterocycles.